The molecule has 1 atom stereocenters. The summed E-state index contributed by atoms with van der Waals surface area (Å²) in [4.78, 5) is 20.0. The molecular weight excluding hydrogens is 138 g/mol. The molecule has 0 spiro atoms. The Balaban J connectivity index is 2.59. The molecule has 1 unspecified atom stereocenters. The van der Waals surface area contributed by atoms with Crippen LogP contribution in [-0.2, 0) is 14.3 Å². The van der Waals surface area contributed by atoms with Crippen LogP contribution in [0.25, 0.3) is 0 Å². The van der Waals surface area contributed by atoms with Gasteiger partial charge in [-0.3, -0.25) is 0 Å². The fourth-order valence-corrected chi connectivity index (χ4v) is 0.609. The second-order valence-corrected chi connectivity index (χ2v) is 1.76. The van der Waals surface area contributed by atoms with E-state index in [1.54, 1.807) is 0 Å². The Kier molecular flexibility index (Phi) is 1.60. The summed E-state index contributed by atoms with van der Waals surface area (Å²) in [6.07, 6.45) is -0.948. The summed E-state index contributed by atoms with van der Waals surface area (Å²) >= 11 is 0. The van der Waals surface area contributed by atoms with Crippen LogP contribution in [0.2, 0.25) is 0 Å². The third-order valence-electron chi connectivity index (χ3n) is 1.08. The molecule has 2 N–H and O–H groups in total. The van der Waals surface area contributed by atoms with Gasteiger partial charge in [-0.15, -0.1) is 0 Å². The molecule has 1 fully saturated rings. The summed E-state index contributed by atoms with van der Waals surface area (Å²) in [5, 5.41) is 10.7. The van der Waals surface area contributed by atoms with Crippen LogP contribution in [0.5, 0.6) is 0 Å². The largest absolute Gasteiger partial charge is 0.478 e. The third-order valence-corrected chi connectivity index (χ3v) is 1.08. The summed E-state index contributed by atoms with van der Waals surface area (Å²) in [6.45, 7) is 0.125. The highest BCUT2D eigenvalue weighted by molar-refractivity contribution is 5.73. The van der Waals surface area contributed by atoms with Gasteiger partial charge >= 0.3 is 5.97 Å². The van der Waals surface area contributed by atoms with E-state index in [4.69, 9.17) is 5.11 Å². The maximum atomic E-state index is 10.2. The van der Waals surface area contributed by atoms with Gasteiger partial charge in [0.1, 0.15) is 0 Å². The van der Waals surface area contributed by atoms with Gasteiger partial charge in [-0.1, -0.05) is 0 Å². The van der Waals surface area contributed by atoms with Gasteiger partial charge in [0, 0.05) is 0 Å². The molecule has 0 saturated carbocycles. The van der Waals surface area contributed by atoms with Crippen LogP contribution in [0.15, 0.2) is 5.88 Å². The van der Waals surface area contributed by atoms with Crippen LogP contribution in [0.3, 0.4) is 0 Å². The van der Waals surface area contributed by atoms with Gasteiger partial charge in [0.25, 0.3) is 5.88 Å². The van der Waals surface area contributed by atoms with Gasteiger partial charge in [-0.25, -0.2) is 9.59 Å². The molecule has 0 amide bonds. The predicted octanol–water partition coefficient (Wildman–Crippen LogP) is -1.27. The number of carbonyl (C=O) groups excluding carboxylic acids is 1. The van der Waals surface area contributed by atoms with Crippen molar-refractivity contribution in [1.29, 1.82) is 0 Å². The minimum atomic E-state index is -1.09. The summed E-state index contributed by atoms with van der Waals surface area (Å²) in [5.74, 6) is 0.201. The minimum Gasteiger partial charge on any atom is -0.478 e. The van der Waals surface area contributed by atoms with Crippen molar-refractivity contribution in [2.75, 3.05) is 6.54 Å². The van der Waals surface area contributed by atoms with Gasteiger partial charge in [0.05, 0.1) is 6.54 Å². The molecule has 54 valence electrons. The first-order chi connectivity index (χ1) is 4.74. The fraction of sp³-hybridized carbons (Fsp3) is 0.400. The SMILES string of the molecule is O=C=C1NCC(C(=O)O)O1. The van der Waals surface area contributed by atoms with E-state index in [-0.39, 0.29) is 12.4 Å². The zero-order valence-electron chi connectivity index (χ0n) is 4.96. The molecule has 1 heterocycles. The molecule has 0 radical (unpaired) electrons. The highest BCUT2D eigenvalue weighted by Crippen LogP contribution is 2.04. The van der Waals surface area contributed by atoms with Crippen molar-refractivity contribution in [2.24, 2.45) is 0 Å². The maximum Gasteiger partial charge on any atom is 0.346 e. The van der Waals surface area contributed by atoms with Crippen molar-refractivity contribution in [3.63, 3.8) is 0 Å². The molecule has 1 saturated heterocycles. The Morgan fingerprint density at radius 3 is 2.90 bits per heavy atom. The molecule has 1 aliphatic heterocycles. The van der Waals surface area contributed by atoms with Gasteiger partial charge in [0.2, 0.25) is 6.10 Å². The van der Waals surface area contributed by atoms with Crippen LogP contribution in [0.1, 0.15) is 0 Å². The van der Waals surface area contributed by atoms with Gasteiger partial charge in [-0.2, -0.15) is 0 Å². The van der Waals surface area contributed by atoms with Crippen molar-refractivity contribution in [2.45, 2.75) is 6.10 Å². The van der Waals surface area contributed by atoms with E-state index in [1.807, 2.05) is 0 Å². The molecule has 1 aliphatic rings. The zero-order chi connectivity index (χ0) is 7.56. The fourth-order valence-electron chi connectivity index (χ4n) is 0.609. The van der Waals surface area contributed by atoms with E-state index >= 15 is 0 Å². The van der Waals surface area contributed by atoms with E-state index in [0.717, 1.165) is 0 Å². The van der Waals surface area contributed by atoms with Gasteiger partial charge < -0.3 is 15.2 Å². The molecule has 0 aromatic heterocycles. The van der Waals surface area contributed by atoms with Crippen molar-refractivity contribution in [3.8, 4) is 0 Å². The van der Waals surface area contributed by atoms with Crippen molar-refractivity contribution < 1.29 is 19.4 Å². The smallest absolute Gasteiger partial charge is 0.346 e. The lowest BCUT2D eigenvalue weighted by Gasteiger charge is -1.98. The summed E-state index contributed by atoms with van der Waals surface area (Å²) < 4.78 is 4.55. The normalized spacial score (nSPS) is 22.8. The molecular formula is C5H5NO4. The van der Waals surface area contributed by atoms with Crippen LogP contribution in [0.4, 0.5) is 0 Å². The van der Waals surface area contributed by atoms with Crippen LogP contribution < -0.4 is 5.32 Å². The zero-order valence-corrected chi connectivity index (χ0v) is 4.96. The van der Waals surface area contributed by atoms with E-state index in [1.165, 1.54) is 5.94 Å². The number of carboxylic acid groups (broad SMARTS) is 1. The number of aliphatic carboxylic acids is 1. The number of rotatable bonds is 1. The molecule has 5 nitrogen and oxygen atoms in total. The van der Waals surface area contributed by atoms with Crippen LogP contribution in [0, 0.1) is 0 Å². The molecule has 0 aromatic carbocycles. The molecule has 1 rings (SSSR count). The van der Waals surface area contributed by atoms with Gasteiger partial charge in [-0.05, 0) is 0 Å². The molecule has 10 heavy (non-hydrogen) atoms. The first-order valence-electron chi connectivity index (χ1n) is 2.62. The molecule has 5 heteroatoms. The topological polar surface area (TPSA) is 75.6 Å². The molecule has 0 bridgehead atoms. The molecule has 0 aromatic rings. The van der Waals surface area contributed by atoms with Gasteiger partial charge in [0.15, 0.2) is 5.94 Å². The van der Waals surface area contributed by atoms with E-state index in [0.29, 0.717) is 0 Å². The van der Waals surface area contributed by atoms with Crippen molar-refractivity contribution in [1.82, 2.24) is 5.32 Å². The highest BCUT2D eigenvalue weighted by Gasteiger charge is 2.26. The van der Waals surface area contributed by atoms with Crippen LogP contribution >= 0.6 is 0 Å². The summed E-state index contributed by atoms with van der Waals surface area (Å²) in [6, 6.07) is 0. The Morgan fingerprint density at radius 1 is 1.90 bits per heavy atom. The van der Waals surface area contributed by atoms with Crippen molar-refractivity contribution >= 4 is 11.9 Å². The quantitative estimate of drug-likeness (QED) is 0.448. The standard InChI is InChI=1S/C5H5NO4/c7-2-4-6-1-3(10-4)5(8)9/h3,6H,1H2,(H,8,9). The number of carbonyl (C=O) groups is 1. The summed E-state index contributed by atoms with van der Waals surface area (Å²) in [5.41, 5.74) is 0. The lowest BCUT2D eigenvalue weighted by Crippen LogP contribution is -2.23. The Hall–Kier alpha value is -1.48. The first-order valence-corrected chi connectivity index (χ1v) is 2.62. The second-order valence-electron chi connectivity index (χ2n) is 1.76. The predicted molar refractivity (Wildman–Crippen MR) is 29.7 cm³/mol. The molecule has 0 aliphatic carbocycles. The Morgan fingerprint density at radius 2 is 2.60 bits per heavy atom. The highest BCUT2D eigenvalue weighted by atomic mass is 16.5. The number of carboxylic acids is 1. The van der Waals surface area contributed by atoms with E-state index in [2.05, 4.69) is 10.1 Å². The average molecular weight is 143 g/mol. The monoisotopic (exact) mass is 143 g/mol. The Labute approximate surface area is 56.3 Å². The second kappa shape index (κ2) is 2.41. The number of hydrogen-bond donors (Lipinski definition) is 2. The lowest BCUT2D eigenvalue weighted by atomic mass is 10.4. The van der Waals surface area contributed by atoms with Crippen LogP contribution in [-0.4, -0.2) is 29.7 Å². The number of ether oxygens (including phenoxy) is 1. The average Bonchev–Trinajstić information content (AvgIpc) is 2.34. The number of hydrogen-bond acceptors (Lipinski definition) is 4. The number of nitrogens with one attached hydrogen (secondary N) is 1. The summed E-state index contributed by atoms with van der Waals surface area (Å²) in [7, 11) is 0. The first kappa shape index (κ1) is 6.64. The van der Waals surface area contributed by atoms with E-state index < -0.39 is 12.1 Å². The van der Waals surface area contributed by atoms with Crippen molar-refractivity contribution in [3.05, 3.63) is 5.88 Å². The lowest BCUT2D eigenvalue weighted by molar-refractivity contribution is -0.145. The van der Waals surface area contributed by atoms with E-state index in [9.17, 15) is 9.59 Å². The Bertz CT molecular complexity index is 206. The maximum absolute atomic E-state index is 10.2. The third kappa shape index (κ3) is 1.09. The minimum absolute atomic E-state index is 0.125.